The van der Waals surface area contributed by atoms with Gasteiger partial charge in [0, 0.05) is 5.69 Å². The maximum Gasteiger partial charge on any atom is 1.00 e. The summed E-state index contributed by atoms with van der Waals surface area (Å²) < 4.78 is 0. The quantitative estimate of drug-likeness (QED) is 0.296. The molecule has 0 radical (unpaired) electrons. The van der Waals surface area contributed by atoms with Crippen LogP contribution in [-0.4, -0.2) is 0 Å². The number of anilines is 1. The van der Waals surface area contributed by atoms with Crippen molar-refractivity contribution in [3.8, 4) is 5.75 Å². The van der Waals surface area contributed by atoms with Crippen LogP contribution in [0.3, 0.4) is 0 Å². The molecule has 0 heterocycles. The molecule has 0 aliphatic rings. The summed E-state index contributed by atoms with van der Waals surface area (Å²) in [6.45, 7) is 0. The Balaban J connectivity index is 0.000000640. The Hall–Kier alpha value is -0.583. The molecule has 3 heteroatoms. The van der Waals surface area contributed by atoms with E-state index in [1.807, 2.05) is 0 Å². The largest absolute Gasteiger partial charge is 1.00 e. The summed E-state index contributed by atoms with van der Waals surface area (Å²) in [5, 5.41) is 10.4. The SMILES string of the molecule is Nc1cccc([O-])c1.[Li+]. The molecule has 42 valence electrons. The molecular weight excluding hydrogens is 109 g/mol. The van der Waals surface area contributed by atoms with Crippen LogP contribution in [-0.2, 0) is 0 Å². The van der Waals surface area contributed by atoms with E-state index in [2.05, 4.69) is 0 Å². The summed E-state index contributed by atoms with van der Waals surface area (Å²) in [5.41, 5.74) is 5.78. The second-order valence-corrected chi connectivity index (χ2v) is 1.57. The van der Waals surface area contributed by atoms with E-state index in [1.165, 1.54) is 12.1 Å². The molecule has 0 saturated carbocycles. The normalized spacial score (nSPS) is 8.00. The Morgan fingerprint density at radius 1 is 1.33 bits per heavy atom. The first-order valence-corrected chi connectivity index (χ1v) is 2.31. The van der Waals surface area contributed by atoms with Crippen LogP contribution < -0.4 is 29.7 Å². The number of hydrogen-bond donors (Lipinski definition) is 1. The minimum absolute atomic E-state index is 0. The van der Waals surface area contributed by atoms with Gasteiger partial charge in [-0.15, -0.1) is 5.75 Å². The molecule has 0 bridgehead atoms. The molecule has 0 unspecified atom stereocenters. The van der Waals surface area contributed by atoms with E-state index in [1.54, 1.807) is 12.1 Å². The van der Waals surface area contributed by atoms with Gasteiger partial charge in [-0.3, -0.25) is 0 Å². The standard InChI is InChI=1S/C6H7NO.Li/c7-5-2-1-3-6(8)4-5;/h1-4,8H,7H2;/q;+1/p-1. The number of nitrogens with two attached hydrogens (primary N) is 1. The summed E-state index contributed by atoms with van der Waals surface area (Å²) in [6, 6.07) is 6.18. The van der Waals surface area contributed by atoms with E-state index in [-0.39, 0.29) is 24.6 Å². The van der Waals surface area contributed by atoms with Crippen LogP contribution in [0.5, 0.6) is 5.75 Å². The summed E-state index contributed by atoms with van der Waals surface area (Å²) in [7, 11) is 0. The Morgan fingerprint density at radius 2 is 2.00 bits per heavy atom. The van der Waals surface area contributed by atoms with Gasteiger partial charge in [-0.05, 0) is 12.1 Å². The molecule has 0 amide bonds. The van der Waals surface area contributed by atoms with Gasteiger partial charge in [0.1, 0.15) is 0 Å². The van der Waals surface area contributed by atoms with Crippen LogP contribution in [0.4, 0.5) is 5.69 Å². The van der Waals surface area contributed by atoms with Crippen molar-refractivity contribution in [2.24, 2.45) is 0 Å². The summed E-state index contributed by atoms with van der Waals surface area (Å²) in [4.78, 5) is 0. The van der Waals surface area contributed by atoms with Crippen molar-refractivity contribution in [2.75, 3.05) is 5.73 Å². The fraction of sp³-hybridized carbons (Fsp3) is 0. The Bertz CT molecular complexity index is 173. The zero-order valence-electron chi connectivity index (χ0n) is 5.29. The molecule has 0 saturated heterocycles. The average Bonchev–Trinajstić information content (AvgIpc) is 1.64. The molecular formula is C6H6LiNO. The molecule has 0 aliphatic heterocycles. The fourth-order valence-corrected chi connectivity index (χ4v) is 0.515. The third-order valence-electron chi connectivity index (χ3n) is 0.858. The molecule has 0 spiro atoms. The van der Waals surface area contributed by atoms with Gasteiger partial charge in [0.25, 0.3) is 0 Å². The third-order valence-corrected chi connectivity index (χ3v) is 0.858. The fourth-order valence-electron chi connectivity index (χ4n) is 0.515. The topological polar surface area (TPSA) is 49.1 Å². The molecule has 2 N–H and O–H groups in total. The van der Waals surface area contributed by atoms with E-state index < -0.39 is 0 Å². The molecule has 0 aliphatic carbocycles. The minimum atomic E-state index is -0.0370. The van der Waals surface area contributed by atoms with Gasteiger partial charge in [0.2, 0.25) is 0 Å². The van der Waals surface area contributed by atoms with E-state index in [0.717, 1.165) is 0 Å². The zero-order valence-corrected chi connectivity index (χ0v) is 5.29. The molecule has 0 atom stereocenters. The molecule has 2 nitrogen and oxygen atoms in total. The number of hydrogen-bond acceptors (Lipinski definition) is 2. The smallest absolute Gasteiger partial charge is 0.872 e. The first kappa shape index (κ1) is 8.42. The molecule has 1 aromatic rings. The van der Waals surface area contributed by atoms with Crippen molar-refractivity contribution in [1.82, 2.24) is 0 Å². The van der Waals surface area contributed by atoms with Crippen molar-refractivity contribution >= 4 is 5.69 Å². The first-order valence-electron chi connectivity index (χ1n) is 2.31. The molecule has 9 heavy (non-hydrogen) atoms. The monoisotopic (exact) mass is 115 g/mol. The molecule has 1 aromatic carbocycles. The maximum atomic E-state index is 10.4. The molecule has 1 rings (SSSR count). The van der Waals surface area contributed by atoms with Crippen LogP contribution >= 0.6 is 0 Å². The van der Waals surface area contributed by atoms with Crippen LogP contribution in [0, 0.1) is 0 Å². The third kappa shape index (κ3) is 2.45. The van der Waals surface area contributed by atoms with Crippen molar-refractivity contribution in [3.05, 3.63) is 24.3 Å². The second kappa shape index (κ2) is 3.44. The van der Waals surface area contributed by atoms with E-state index in [4.69, 9.17) is 5.73 Å². The maximum absolute atomic E-state index is 10.4. The van der Waals surface area contributed by atoms with Crippen molar-refractivity contribution in [2.45, 2.75) is 0 Å². The van der Waals surface area contributed by atoms with Gasteiger partial charge in [0.05, 0.1) is 0 Å². The van der Waals surface area contributed by atoms with E-state index in [9.17, 15) is 5.11 Å². The molecule has 0 fully saturated rings. The van der Waals surface area contributed by atoms with Gasteiger partial charge in [-0.1, -0.05) is 12.1 Å². The van der Waals surface area contributed by atoms with Crippen LogP contribution in [0.1, 0.15) is 0 Å². The summed E-state index contributed by atoms with van der Waals surface area (Å²) in [6.07, 6.45) is 0. The Morgan fingerprint density at radius 3 is 2.33 bits per heavy atom. The van der Waals surface area contributed by atoms with Crippen LogP contribution in [0.15, 0.2) is 24.3 Å². The summed E-state index contributed by atoms with van der Waals surface area (Å²) >= 11 is 0. The predicted molar refractivity (Wildman–Crippen MR) is 30.3 cm³/mol. The summed E-state index contributed by atoms with van der Waals surface area (Å²) in [5.74, 6) is -0.0370. The van der Waals surface area contributed by atoms with E-state index in [0.29, 0.717) is 5.69 Å². The Labute approximate surface area is 65.9 Å². The van der Waals surface area contributed by atoms with Gasteiger partial charge in [-0.25, -0.2) is 0 Å². The molecule has 0 aromatic heterocycles. The number of nitrogen functional groups attached to an aromatic ring is 1. The first-order chi connectivity index (χ1) is 3.79. The van der Waals surface area contributed by atoms with Gasteiger partial charge in [-0.2, -0.15) is 0 Å². The second-order valence-electron chi connectivity index (χ2n) is 1.57. The van der Waals surface area contributed by atoms with Crippen LogP contribution in [0.25, 0.3) is 0 Å². The van der Waals surface area contributed by atoms with Crippen molar-refractivity contribution in [3.63, 3.8) is 0 Å². The van der Waals surface area contributed by atoms with Gasteiger partial charge in [0.15, 0.2) is 0 Å². The minimum Gasteiger partial charge on any atom is -0.872 e. The number of rotatable bonds is 0. The van der Waals surface area contributed by atoms with Crippen molar-refractivity contribution < 1.29 is 24.0 Å². The number of benzene rings is 1. The van der Waals surface area contributed by atoms with Gasteiger partial charge >= 0.3 is 18.9 Å². The van der Waals surface area contributed by atoms with Crippen molar-refractivity contribution in [1.29, 1.82) is 0 Å². The zero-order chi connectivity index (χ0) is 5.98. The Kier molecular flexibility index (Phi) is 3.22. The van der Waals surface area contributed by atoms with E-state index >= 15 is 0 Å². The van der Waals surface area contributed by atoms with Gasteiger partial charge < -0.3 is 10.8 Å². The average molecular weight is 115 g/mol. The predicted octanol–water partition coefficient (Wildman–Crippen LogP) is -2.65. The van der Waals surface area contributed by atoms with Crippen LogP contribution in [0.2, 0.25) is 0 Å².